The fourth-order valence-corrected chi connectivity index (χ4v) is 2.42. The molecule has 0 fully saturated rings. The molecule has 0 saturated carbocycles. The van der Waals surface area contributed by atoms with Gasteiger partial charge in [-0.2, -0.15) is 0 Å². The van der Waals surface area contributed by atoms with E-state index >= 15 is 0 Å². The zero-order chi connectivity index (χ0) is 16.5. The van der Waals surface area contributed by atoms with E-state index in [0.717, 1.165) is 36.5 Å². The highest BCUT2D eigenvalue weighted by atomic mass is 35.5. The molecule has 0 aliphatic rings. The van der Waals surface area contributed by atoms with Crippen LogP contribution in [-0.2, 0) is 17.6 Å². The molecule has 0 spiro atoms. The van der Waals surface area contributed by atoms with Gasteiger partial charge < -0.3 is 5.32 Å². The molecule has 4 N–H and O–H groups in total. The predicted octanol–water partition coefficient (Wildman–Crippen LogP) is 3.31. The summed E-state index contributed by atoms with van der Waals surface area (Å²) in [6, 6.07) is 15.6. The molecule has 1 amide bonds. The van der Waals surface area contributed by atoms with Crippen molar-refractivity contribution in [1.82, 2.24) is 5.43 Å². The van der Waals surface area contributed by atoms with E-state index in [2.05, 4.69) is 10.7 Å². The van der Waals surface area contributed by atoms with Crippen LogP contribution in [0, 0.1) is 0 Å². The van der Waals surface area contributed by atoms with Crippen molar-refractivity contribution >= 4 is 23.2 Å². The van der Waals surface area contributed by atoms with E-state index in [-0.39, 0.29) is 5.91 Å². The average molecular weight is 332 g/mol. The van der Waals surface area contributed by atoms with Gasteiger partial charge >= 0.3 is 0 Å². The Bertz CT molecular complexity index is 611. The Morgan fingerprint density at radius 1 is 0.957 bits per heavy atom. The van der Waals surface area contributed by atoms with Gasteiger partial charge in [-0.3, -0.25) is 16.1 Å². The summed E-state index contributed by atoms with van der Waals surface area (Å²) in [5, 5.41) is 3.65. The summed E-state index contributed by atoms with van der Waals surface area (Å²) >= 11 is 5.85. The maximum Gasteiger partial charge on any atom is 0.224 e. The Balaban J connectivity index is 1.72. The number of halogens is 1. The molecule has 0 radical (unpaired) electrons. The van der Waals surface area contributed by atoms with Gasteiger partial charge in [0.15, 0.2) is 0 Å². The average Bonchev–Trinajstić information content (AvgIpc) is 2.56. The number of hydrazine groups is 1. The second kappa shape index (κ2) is 9.30. The molecule has 2 aromatic rings. The first kappa shape index (κ1) is 17.5. The highest BCUT2D eigenvalue weighted by Gasteiger charge is 2.03. The van der Waals surface area contributed by atoms with E-state index in [0.29, 0.717) is 6.42 Å². The van der Waals surface area contributed by atoms with Crippen LogP contribution < -0.4 is 16.6 Å². The first-order chi connectivity index (χ1) is 11.2. The fourth-order valence-electron chi connectivity index (χ4n) is 2.30. The van der Waals surface area contributed by atoms with Crippen molar-refractivity contribution in [3.8, 4) is 0 Å². The summed E-state index contributed by atoms with van der Waals surface area (Å²) in [5.41, 5.74) is 5.83. The predicted molar refractivity (Wildman–Crippen MR) is 95.4 cm³/mol. The molecule has 2 aromatic carbocycles. The second-order valence-electron chi connectivity index (χ2n) is 5.43. The van der Waals surface area contributed by atoms with Crippen LogP contribution in [0.3, 0.4) is 0 Å². The highest BCUT2D eigenvalue weighted by molar-refractivity contribution is 6.30. The fraction of sp³-hybridized carbons (Fsp3) is 0.278. The monoisotopic (exact) mass is 331 g/mol. The van der Waals surface area contributed by atoms with Crippen LogP contribution in [0.4, 0.5) is 5.69 Å². The molecular formula is C18H22ClN3O. The number of rotatable bonds is 8. The van der Waals surface area contributed by atoms with Crippen molar-refractivity contribution in [3.63, 3.8) is 0 Å². The van der Waals surface area contributed by atoms with E-state index in [1.807, 2.05) is 48.5 Å². The molecule has 4 nitrogen and oxygen atoms in total. The number of aryl methyl sites for hydroxylation is 1. The highest BCUT2D eigenvalue weighted by Crippen LogP contribution is 2.13. The van der Waals surface area contributed by atoms with Gasteiger partial charge in [0.05, 0.1) is 0 Å². The molecule has 0 saturated heterocycles. The Morgan fingerprint density at radius 2 is 1.57 bits per heavy atom. The largest absolute Gasteiger partial charge is 0.326 e. The Kier molecular flexibility index (Phi) is 7.07. The minimum absolute atomic E-state index is 0.0374. The first-order valence-corrected chi connectivity index (χ1v) is 8.12. The van der Waals surface area contributed by atoms with Crippen LogP contribution >= 0.6 is 11.6 Å². The van der Waals surface area contributed by atoms with Gasteiger partial charge in [0.25, 0.3) is 0 Å². The minimum atomic E-state index is 0.0374. The normalized spacial score (nSPS) is 10.5. The zero-order valence-electron chi connectivity index (χ0n) is 13.0. The molecular weight excluding hydrogens is 310 g/mol. The van der Waals surface area contributed by atoms with Gasteiger partial charge in [-0.25, -0.2) is 0 Å². The molecule has 122 valence electrons. The summed E-state index contributed by atoms with van der Waals surface area (Å²) in [6.07, 6.45) is 3.05. The maximum atomic E-state index is 12.0. The van der Waals surface area contributed by atoms with Gasteiger partial charge in [0, 0.05) is 23.7 Å². The first-order valence-electron chi connectivity index (χ1n) is 7.74. The molecule has 5 heteroatoms. The van der Waals surface area contributed by atoms with Crippen molar-refractivity contribution < 1.29 is 4.79 Å². The molecule has 0 bridgehead atoms. The third-order valence-corrected chi connectivity index (χ3v) is 3.83. The van der Waals surface area contributed by atoms with Crippen molar-refractivity contribution in [3.05, 3.63) is 64.7 Å². The Hall–Kier alpha value is -1.88. The molecule has 0 heterocycles. The SMILES string of the molecule is NNCCc1ccc(NC(=O)CCCc2ccc(Cl)cc2)cc1. The smallest absolute Gasteiger partial charge is 0.224 e. The quantitative estimate of drug-likeness (QED) is 0.513. The van der Waals surface area contributed by atoms with Crippen LogP contribution in [-0.4, -0.2) is 12.5 Å². The number of benzene rings is 2. The Morgan fingerprint density at radius 3 is 2.22 bits per heavy atom. The van der Waals surface area contributed by atoms with E-state index in [9.17, 15) is 4.79 Å². The summed E-state index contributed by atoms with van der Waals surface area (Å²) in [4.78, 5) is 12.0. The lowest BCUT2D eigenvalue weighted by Gasteiger charge is -2.07. The van der Waals surface area contributed by atoms with Gasteiger partial charge in [0.2, 0.25) is 5.91 Å². The number of carbonyl (C=O) groups is 1. The van der Waals surface area contributed by atoms with E-state index < -0.39 is 0 Å². The summed E-state index contributed by atoms with van der Waals surface area (Å²) < 4.78 is 0. The number of nitrogens with one attached hydrogen (secondary N) is 2. The minimum Gasteiger partial charge on any atom is -0.326 e. The van der Waals surface area contributed by atoms with Crippen LogP contribution in [0.5, 0.6) is 0 Å². The van der Waals surface area contributed by atoms with Crippen molar-refractivity contribution in [2.45, 2.75) is 25.7 Å². The Labute approximate surface area is 142 Å². The van der Waals surface area contributed by atoms with Gasteiger partial charge in [-0.1, -0.05) is 35.9 Å². The molecule has 0 atom stereocenters. The molecule has 0 aromatic heterocycles. The molecule has 0 aliphatic carbocycles. The molecule has 2 rings (SSSR count). The number of nitrogens with two attached hydrogens (primary N) is 1. The molecule has 23 heavy (non-hydrogen) atoms. The lowest BCUT2D eigenvalue weighted by atomic mass is 10.1. The van der Waals surface area contributed by atoms with Crippen LogP contribution in [0.15, 0.2) is 48.5 Å². The third kappa shape index (κ3) is 6.40. The van der Waals surface area contributed by atoms with Crippen molar-refractivity contribution in [1.29, 1.82) is 0 Å². The van der Waals surface area contributed by atoms with Crippen molar-refractivity contribution in [2.75, 3.05) is 11.9 Å². The lowest BCUT2D eigenvalue weighted by Crippen LogP contribution is -2.24. The van der Waals surface area contributed by atoms with E-state index in [4.69, 9.17) is 17.4 Å². The number of hydrogen-bond donors (Lipinski definition) is 3. The van der Waals surface area contributed by atoms with E-state index in [1.165, 1.54) is 11.1 Å². The topological polar surface area (TPSA) is 67.2 Å². The van der Waals surface area contributed by atoms with Gasteiger partial charge in [-0.15, -0.1) is 0 Å². The van der Waals surface area contributed by atoms with E-state index in [1.54, 1.807) is 0 Å². The summed E-state index contributed by atoms with van der Waals surface area (Å²) in [5.74, 6) is 5.29. The lowest BCUT2D eigenvalue weighted by molar-refractivity contribution is -0.116. The van der Waals surface area contributed by atoms with Gasteiger partial charge in [0.1, 0.15) is 0 Å². The maximum absolute atomic E-state index is 12.0. The number of anilines is 1. The summed E-state index contributed by atoms with van der Waals surface area (Å²) in [6.45, 7) is 0.733. The standard InChI is InChI=1S/C18H22ClN3O/c19-16-8-4-14(5-9-16)2-1-3-18(23)22-17-10-6-15(7-11-17)12-13-21-20/h4-11,21H,1-3,12-13,20H2,(H,22,23). The number of hydrogen-bond acceptors (Lipinski definition) is 3. The molecule has 0 unspecified atom stereocenters. The second-order valence-corrected chi connectivity index (χ2v) is 5.87. The number of amides is 1. The van der Waals surface area contributed by atoms with Crippen LogP contribution in [0.2, 0.25) is 5.02 Å². The van der Waals surface area contributed by atoms with Crippen LogP contribution in [0.25, 0.3) is 0 Å². The van der Waals surface area contributed by atoms with Crippen molar-refractivity contribution in [2.24, 2.45) is 5.84 Å². The van der Waals surface area contributed by atoms with Gasteiger partial charge in [-0.05, 0) is 54.7 Å². The third-order valence-electron chi connectivity index (χ3n) is 3.58. The zero-order valence-corrected chi connectivity index (χ0v) is 13.8. The van der Waals surface area contributed by atoms with Crippen LogP contribution in [0.1, 0.15) is 24.0 Å². The molecule has 0 aliphatic heterocycles. The number of carbonyl (C=O) groups excluding carboxylic acids is 1. The summed E-state index contributed by atoms with van der Waals surface area (Å²) in [7, 11) is 0.